The van der Waals surface area contributed by atoms with Crippen molar-refractivity contribution in [2.24, 2.45) is 0 Å². The van der Waals surface area contributed by atoms with Crippen LogP contribution in [0.1, 0.15) is 26.3 Å². The van der Waals surface area contributed by atoms with E-state index in [1.165, 1.54) is 17.3 Å². The lowest BCUT2D eigenvalue weighted by Gasteiger charge is -2.19. The first-order valence-electron chi connectivity index (χ1n) is 11.8. The quantitative estimate of drug-likeness (QED) is 0.315. The molecule has 1 aromatic heterocycles. The van der Waals surface area contributed by atoms with Crippen LogP contribution in [0.15, 0.2) is 71.9 Å². The molecule has 0 aliphatic carbocycles. The predicted octanol–water partition coefficient (Wildman–Crippen LogP) is 5.70. The number of hydrogen-bond acceptors (Lipinski definition) is 7. The highest BCUT2D eigenvalue weighted by atomic mass is 32.2. The molecule has 1 N–H and O–H groups in total. The molecular formula is C28H28N4O4S. The zero-order valence-corrected chi connectivity index (χ0v) is 22.0. The van der Waals surface area contributed by atoms with Gasteiger partial charge in [-0.3, -0.25) is 9.36 Å². The lowest BCUT2D eigenvalue weighted by atomic mass is 9.87. The van der Waals surface area contributed by atoms with Crippen LogP contribution in [0.2, 0.25) is 0 Å². The smallest absolute Gasteiger partial charge is 0.234 e. The first-order chi connectivity index (χ1) is 17.8. The summed E-state index contributed by atoms with van der Waals surface area (Å²) in [5.41, 5.74) is 3.74. The number of amides is 1. The van der Waals surface area contributed by atoms with E-state index < -0.39 is 0 Å². The van der Waals surface area contributed by atoms with E-state index in [-0.39, 0.29) is 23.9 Å². The maximum Gasteiger partial charge on any atom is 0.234 e. The Balaban J connectivity index is 1.39. The zero-order valence-electron chi connectivity index (χ0n) is 21.1. The Kier molecular flexibility index (Phi) is 6.80. The Morgan fingerprint density at radius 1 is 1.00 bits per heavy atom. The van der Waals surface area contributed by atoms with Gasteiger partial charge < -0.3 is 19.5 Å². The van der Waals surface area contributed by atoms with Crippen molar-refractivity contribution in [1.29, 1.82) is 0 Å². The standard InChI is InChI=1S/C28H28N4O4S/c1-28(2,3)19-7-5-18(6-8-19)26-30-31-27(32(26)21-10-12-22(34-4)13-11-21)37-16-25(33)29-20-9-14-23-24(15-20)36-17-35-23/h5-15H,16-17H2,1-4H3,(H,29,33). The molecule has 5 rings (SSSR count). The molecule has 0 saturated carbocycles. The van der Waals surface area contributed by atoms with E-state index in [1.54, 1.807) is 25.3 Å². The van der Waals surface area contributed by atoms with E-state index in [2.05, 4.69) is 60.6 Å². The summed E-state index contributed by atoms with van der Waals surface area (Å²) >= 11 is 1.32. The normalized spacial score (nSPS) is 12.4. The minimum atomic E-state index is -0.163. The van der Waals surface area contributed by atoms with Crippen molar-refractivity contribution in [1.82, 2.24) is 14.8 Å². The molecule has 0 unspecified atom stereocenters. The molecule has 1 amide bonds. The van der Waals surface area contributed by atoms with E-state index in [4.69, 9.17) is 14.2 Å². The first kappa shape index (κ1) is 24.7. The second-order valence-corrected chi connectivity index (χ2v) is 10.5. The van der Waals surface area contributed by atoms with Crippen LogP contribution in [0.4, 0.5) is 5.69 Å². The Bertz CT molecular complexity index is 1410. The molecule has 0 spiro atoms. The fourth-order valence-electron chi connectivity index (χ4n) is 3.94. The predicted molar refractivity (Wildman–Crippen MR) is 144 cm³/mol. The minimum Gasteiger partial charge on any atom is -0.497 e. The van der Waals surface area contributed by atoms with Gasteiger partial charge in [0.15, 0.2) is 22.5 Å². The summed E-state index contributed by atoms with van der Waals surface area (Å²) in [7, 11) is 1.63. The van der Waals surface area contributed by atoms with Gasteiger partial charge in [-0.15, -0.1) is 10.2 Å². The average Bonchev–Trinajstić information content (AvgIpc) is 3.54. The summed E-state index contributed by atoms with van der Waals surface area (Å²) in [6.07, 6.45) is 0. The number of carbonyl (C=O) groups excluding carboxylic acids is 1. The first-order valence-corrected chi connectivity index (χ1v) is 12.8. The molecule has 4 aromatic rings. The van der Waals surface area contributed by atoms with Crippen LogP contribution in [0.5, 0.6) is 17.2 Å². The summed E-state index contributed by atoms with van der Waals surface area (Å²) in [5, 5.41) is 12.5. The second kappa shape index (κ2) is 10.2. The van der Waals surface area contributed by atoms with Crippen molar-refractivity contribution >= 4 is 23.4 Å². The van der Waals surface area contributed by atoms with Gasteiger partial charge in [0, 0.05) is 23.0 Å². The zero-order chi connectivity index (χ0) is 26.0. The highest BCUT2D eigenvalue weighted by Crippen LogP contribution is 2.35. The summed E-state index contributed by atoms with van der Waals surface area (Å²) in [6.45, 7) is 6.74. The van der Waals surface area contributed by atoms with E-state index in [9.17, 15) is 4.79 Å². The third-order valence-electron chi connectivity index (χ3n) is 5.96. The number of nitrogens with one attached hydrogen (secondary N) is 1. The topological polar surface area (TPSA) is 87.5 Å². The van der Waals surface area contributed by atoms with E-state index >= 15 is 0 Å². The van der Waals surface area contributed by atoms with Crippen LogP contribution in [-0.2, 0) is 10.2 Å². The molecule has 9 heteroatoms. The number of nitrogens with zero attached hydrogens (tertiary/aromatic N) is 3. The van der Waals surface area contributed by atoms with Gasteiger partial charge in [-0.05, 0) is 47.4 Å². The van der Waals surface area contributed by atoms with Crippen LogP contribution in [0.25, 0.3) is 17.1 Å². The summed E-state index contributed by atoms with van der Waals surface area (Å²) in [5.74, 6) is 2.74. The van der Waals surface area contributed by atoms with E-state index in [0.29, 0.717) is 28.2 Å². The van der Waals surface area contributed by atoms with Gasteiger partial charge in [0.2, 0.25) is 12.7 Å². The molecule has 2 heterocycles. The Morgan fingerprint density at radius 2 is 1.73 bits per heavy atom. The summed E-state index contributed by atoms with van der Waals surface area (Å²) in [4.78, 5) is 12.7. The Morgan fingerprint density at radius 3 is 2.43 bits per heavy atom. The third kappa shape index (κ3) is 5.41. The van der Waals surface area contributed by atoms with Gasteiger partial charge >= 0.3 is 0 Å². The molecule has 0 atom stereocenters. The van der Waals surface area contributed by atoms with Gasteiger partial charge in [0.05, 0.1) is 12.9 Å². The Labute approximate surface area is 220 Å². The van der Waals surface area contributed by atoms with Gasteiger partial charge in [-0.1, -0.05) is 56.8 Å². The summed E-state index contributed by atoms with van der Waals surface area (Å²) < 4.78 is 18.0. The molecule has 190 valence electrons. The molecule has 0 radical (unpaired) electrons. The monoisotopic (exact) mass is 516 g/mol. The van der Waals surface area contributed by atoms with Gasteiger partial charge in [0.1, 0.15) is 5.75 Å². The molecule has 3 aromatic carbocycles. The molecule has 1 aliphatic heterocycles. The number of hydrogen-bond donors (Lipinski definition) is 1. The number of fused-ring (bicyclic) bond motifs is 1. The van der Waals surface area contributed by atoms with Crippen molar-refractivity contribution in [3.05, 3.63) is 72.3 Å². The number of benzene rings is 3. The molecule has 0 bridgehead atoms. The van der Waals surface area contributed by atoms with Crippen molar-refractivity contribution < 1.29 is 19.0 Å². The molecule has 0 fully saturated rings. The Hall–Kier alpha value is -3.98. The molecule has 37 heavy (non-hydrogen) atoms. The van der Waals surface area contributed by atoms with Crippen molar-refractivity contribution in [3.8, 4) is 34.3 Å². The maximum absolute atomic E-state index is 12.7. The van der Waals surface area contributed by atoms with E-state index in [1.807, 2.05) is 28.8 Å². The number of carbonyl (C=O) groups is 1. The molecule has 1 aliphatic rings. The fourth-order valence-corrected chi connectivity index (χ4v) is 4.69. The number of methoxy groups -OCH3 is 1. The van der Waals surface area contributed by atoms with Crippen molar-refractivity contribution in [2.75, 3.05) is 25.0 Å². The molecular weight excluding hydrogens is 488 g/mol. The van der Waals surface area contributed by atoms with Crippen LogP contribution >= 0.6 is 11.8 Å². The van der Waals surface area contributed by atoms with Crippen LogP contribution in [0.3, 0.4) is 0 Å². The lowest BCUT2D eigenvalue weighted by Crippen LogP contribution is -2.14. The minimum absolute atomic E-state index is 0.0501. The summed E-state index contributed by atoms with van der Waals surface area (Å²) in [6, 6.07) is 21.4. The van der Waals surface area contributed by atoms with Gasteiger partial charge in [-0.2, -0.15) is 0 Å². The highest BCUT2D eigenvalue weighted by Gasteiger charge is 2.20. The average molecular weight is 517 g/mol. The highest BCUT2D eigenvalue weighted by molar-refractivity contribution is 7.99. The maximum atomic E-state index is 12.7. The van der Waals surface area contributed by atoms with Crippen LogP contribution < -0.4 is 19.5 Å². The number of aromatic nitrogens is 3. The third-order valence-corrected chi connectivity index (χ3v) is 6.89. The van der Waals surface area contributed by atoms with Gasteiger partial charge in [0.25, 0.3) is 0 Å². The number of ether oxygens (including phenoxy) is 3. The van der Waals surface area contributed by atoms with Crippen molar-refractivity contribution in [2.45, 2.75) is 31.3 Å². The lowest BCUT2D eigenvalue weighted by molar-refractivity contribution is -0.113. The number of rotatable bonds is 7. The number of thioether (sulfide) groups is 1. The van der Waals surface area contributed by atoms with Crippen LogP contribution in [-0.4, -0.2) is 40.3 Å². The largest absolute Gasteiger partial charge is 0.497 e. The van der Waals surface area contributed by atoms with Crippen molar-refractivity contribution in [3.63, 3.8) is 0 Å². The SMILES string of the molecule is COc1ccc(-n2c(SCC(=O)Nc3ccc4c(c3)OCO4)nnc2-c2ccc(C(C)(C)C)cc2)cc1. The van der Waals surface area contributed by atoms with E-state index in [0.717, 1.165) is 17.0 Å². The fraction of sp³-hybridized carbons (Fsp3) is 0.250. The molecule has 0 saturated heterocycles. The second-order valence-electron chi connectivity index (χ2n) is 9.57. The van der Waals surface area contributed by atoms with Gasteiger partial charge in [-0.25, -0.2) is 0 Å². The molecule has 8 nitrogen and oxygen atoms in total. The van der Waals surface area contributed by atoms with Crippen LogP contribution in [0, 0.1) is 0 Å². The number of anilines is 1.